The molecule has 4 nitrogen and oxygen atoms in total. The molecule has 0 saturated heterocycles. The number of hydrogen-bond donors (Lipinski definition) is 0. The molecule has 0 amide bonds. The van der Waals surface area contributed by atoms with Crippen molar-refractivity contribution in [3.05, 3.63) is 0 Å². The van der Waals surface area contributed by atoms with Crippen molar-refractivity contribution in [3.63, 3.8) is 0 Å². The van der Waals surface area contributed by atoms with Gasteiger partial charge in [-0.15, -0.1) is 0 Å². The average Bonchev–Trinajstić information content (AvgIpc) is 2.56. The molecule has 0 aliphatic carbocycles. The second-order valence-electron chi connectivity index (χ2n) is 6.17. The van der Waals surface area contributed by atoms with Gasteiger partial charge in [0.1, 0.15) is 0 Å². The van der Waals surface area contributed by atoms with Gasteiger partial charge in [-0.3, -0.25) is 0 Å². The van der Waals surface area contributed by atoms with Crippen molar-refractivity contribution in [1.82, 2.24) is 0 Å². The predicted molar refractivity (Wildman–Crippen MR) is 106 cm³/mol. The van der Waals surface area contributed by atoms with Crippen LogP contribution in [0.3, 0.4) is 0 Å². The van der Waals surface area contributed by atoms with Crippen LogP contribution in [0.15, 0.2) is 0 Å². The van der Waals surface area contributed by atoms with Gasteiger partial charge in [-0.05, 0) is 44.4 Å². The van der Waals surface area contributed by atoms with E-state index in [2.05, 4.69) is 27.7 Å². The smallest absolute Gasteiger partial charge is 0.248 e. The summed E-state index contributed by atoms with van der Waals surface area (Å²) in [6.45, 7) is 10.2. The van der Waals surface area contributed by atoms with Crippen molar-refractivity contribution >= 4 is 18.3 Å². The molecule has 0 aromatic rings. The lowest BCUT2D eigenvalue weighted by Crippen LogP contribution is -2.35. The molecule has 0 saturated carbocycles. The lowest BCUT2D eigenvalue weighted by molar-refractivity contribution is -0.177. The highest BCUT2D eigenvalue weighted by Gasteiger charge is 2.45. The lowest BCUT2D eigenvalue weighted by atomic mass is 10.3. The molecular formula is C18H39O4PS. The molecule has 0 aliphatic heterocycles. The number of hydrogen-bond acceptors (Lipinski definition) is 5. The molecular weight excluding hydrogens is 343 g/mol. The van der Waals surface area contributed by atoms with Gasteiger partial charge in [-0.2, -0.15) is 0 Å². The minimum atomic E-state index is -2.69. The SMILES string of the molecule is CCCCOC(C)(OCCCC)P(=S)(OCCCC)OCCCC. The molecule has 0 bridgehead atoms. The van der Waals surface area contributed by atoms with Gasteiger partial charge >= 0.3 is 0 Å². The Hall–Kier alpha value is 0.490. The maximum absolute atomic E-state index is 6.12. The van der Waals surface area contributed by atoms with Gasteiger partial charge in [-0.25, -0.2) is 0 Å². The van der Waals surface area contributed by atoms with Crippen LogP contribution in [0, 0.1) is 0 Å². The molecule has 0 aliphatic rings. The van der Waals surface area contributed by atoms with Gasteiger partial charge in [0.25, 0.3) is 0 Å². The van der Waals surface area contributed by atoms with Crippen molar-refractivity contribution < 1.29 is 18.5 Å². The topological polar surface area (TPSA) is 36.9 Å². The number of ether oxygens (including phenoxy) is 2. The van der Waals surface area contributed by atoms with Gasteiger partial charge in [0.05, 0.1) is 26.4 Å². The predicted octanol–water partition coefficient (Wildman–Crippen LogP) is 6.24. The molecule has 0 spiro atoms. The maximum atomic E-state index is 6.12. The first-order chi connectivity index (χ1) is 11.5. The van der Waals surface area contributed by atoms with Crippen LogP contribution >= 0.6 is 6.49 Å². The largest absolute Gasteiger partial charge is 0.342 e. The molecule has 0 fully saturated rings. The Labute approximate surface area is 155 Å². The Morgan fingerprint density at radius 3 is 1.33 bits per heavy atom. The van der Waals surface area contributed by atoms with Crippen LogP contribution in [0.25, 0.3) is 0 Å². The Morgan fingerprint density at radius 1 is 0.667 bits per heavy atom. The van der Waals surface area contributed by atoms with Crippen LogP contribution in [0.1, 0.15) is 86.0 Å². The zero-order valence-corrected chi connectivity index (χ0v) is 18.2. The van der Waals surface area contributed by atoms with Crippen LogP contribution in [0.2, 0.25) is 0 Å². The summed E-state index contributed by atoms with van der Waals surface area (Å²) >= 11 is 5.88. The fraction of sp³-hybridized carbons (Fsp3) is 1.00. The fourth-order valence-corrected chi connectivity index (χ4v) is 4.49. The van der Waals surface area contributed by atoms with E-state index in [0.717, 1.165) is 51.4 Å². The first kappa shape index (κ1) is 24.5. The third-order valence-corrected chi connectivity index (χ3v) is 7.68. The fourth-order valence-electron chi connectivity index (χ4n) is 1.94. The minimum Gasteiger partial charge on any atom is -0.342 e. The zero-order valence-electron chi connectivity index (χ0n) is 16.5. The molecule has 0 N–H and O–H groups in total. The van der Waals surface area contributed by atoms with Crippen LogP contribution in [0.4, 0.5) is 0 Å². The third kappa shape index (κ3) is 9.26. The van der Waals surface area contributed by atoms with Gasteiger partial charge in [0.2, 0.25) is 12.0 Å². The highest BCUT2D eigenvalue weighted by molar-refractivity contribution is 8.10. The molecule has 0 atom stereocenters. The van der Waals surface area contributed by atoms with Crippen LogP contribution < -0.4 is 0 Å². The van der Waals surface area contributed by atoms with Gasteiger partial charge in [0.15, 0.2) is 0 Å². The van der Waals surface area contributed by atoms with Crippen molar-refractivity contribution in [2.24, 2.45) is 0 Å². The van der Waals surface area contributed by atoms with Gasteiger partial charge < -0.3 is 18.5 Å². The van der Waals surface area contributed by atoms with Crippen molar-refractivity contribution in [2.45, 2.75) is 91.5 Å². The Balaban J connectivity index is 5.12. The van der Waals surface area contributed by atoms with Crippen LogP contribution in [-0.2, 0) is 30.3 Å². The van der Waals surface area contributed by atoms with Gasteiger partial charge in [0, 0.05) is 0 Å². The van der Waals surface area contributed by atoms with E-state index < -0.39 is 12.0 Å². The van der Waals surface area contributed by atoms with E-state index in [1.807, 2.05) is 6.92 Å². The summed E-state index contributed by atoms with van der Waals surface area (Å²) in [5.74, 6) is 0. The van der Waals surface area contributed by atoms with Crippen molar-refractivity contribution in [2.75, 3.05) is 26.4 Å². The zero-order chi connectivity index (χ0) is 18.3. The van der Waals surface area contributed by atoms with Crippen molar-refractivity contribution in [3.8, 4) is 0 Å². The summed E-state index contributed by atoms with van der Waals surface area (Å²) in [6, 6.07) is 0. The standard InChI is InChI=1S/C18H39O4PS/c1-6-10-14-19-18(5,20-15-11-7-2)23(24,21-16-12-8-3)22-17-13-9-4/h6-17H2,1-5H3. The molecule has 6 heteroatoms. The van der Waals surface area contributed by atoms with Crippen molar-refractivity contribution in [1.29, 1.82) is 0 Å². The van der Waals surface area contributed by atoms with E-state index >= 15 is 0 Å². The first-order valence-electron chi connectivity index (χ1n) is 9.66. The summed E-state index contributed by atoms with van der Waals surface area (Å²) in [5, 5.41) is 0. The summed E-state index contributed by atoms with van der Waals surface area (Å²) in [4.78, 5) is 0. The minimum absolute atomic E-state index is 0.601. The maximum Gasteiger partial charge on any atom is 0.248 e. The molecule has 0 aromatic carbocycles. The summed E-state index contributed by atoms with van der Waals surface area (Å²) < 4.78 is 24.4. The molecule has 0 unspecified atom stereocenters. The summed E-state index contributed by atoms with van der Waals surface area (Å²) in [7, 11) is 0. The highest BCUT2D eigenvalue weighted by atomic mass is 32.5. The van der Waals surface area contributed by atoms with E-state index in [4.69, 9.17) is 30.3 Å². The average molecular weight is 383 g/mol. The van der Waals surface area contributed by atoms with E-state index in [1.165, 1.54) is 0 Å². The van der Waals surface area contributed by atoms with Crippen LogP contribution in [-0.4, -0.2) is 32.0 Å². The Bertz CT molecular complexity index is 315. The molecule has 146 valence electrons. The molecule has 0 radical (unpaired) electrons. The lowest BCUT2D eigenvalue weighted by Gasteiger charge is -2.39. The van der Waals surface area contributed by atoms with Gasteiger partial charge in [-0.1, -0.05) is 53.4 Å². The second-order valence-corrected chi connectivity index (χ2v) is 9.94. The third-order valence-electron chi connectivity index (χ3n) is 3.75. The Kier molecular flexibility index (Phi) is 14.9. The molecule has 0 aromatic heterocycles. The molecule has 0 rings (SSSR count). The quantitative estimate of drug-likeness (QED) is 0.169. The monoisotopic (exact) mass is 382 g/mol. The van der Waals surface area contributed by atoms with E-state index in [0.29, 0.717) is 26.4 Å². The molecule has 24 heavy (non-hydrogen) atoms. The Morgan fingerprint density at radius 2 is 1.00 bits per heavy atom. The summed E-state index contributed by atoms with van der Waals surface area (Å²) in [6.07, 6.45) is 8.16. The van der Waals surface area contributed by atoms with E-state index in [1.54, 1.807) is 0 Å². The number of rotatable bonds is 17. The first-order valence-corrected chi connectivity index (χ1v) is 12.3. The normalized spacial score (nSPS) is 12.7. The summed E-state index contributed by atoms with van der Waals surface area (Å²) in [5.41, 5.74) is -0.964. The molecule has 0 heterocycles. The number of unbranched alkanes of at least 4 members (excludes halogenated alkanes) is 4. The van der Waals surface area contributed by atoms with E-state index in [9.17, 15) is 0 Å². The van der Waals surface area contributed by atoms with E-state index in [-0.39, 0.29) is 0 Å². The second kappa shape index (κ2) is 14.6. The highest BCUT2D eigenvalue weighted by Crippen LogP contribution is 2.61. The van der Waals surface area contributed by atoms with Crippen LogP contribution in [0.5, 0.6) is 0 Å².